The van der Waals surface area contributed by atoms with Gasteiger partial charge in [0.1, 0.15) is 5.82 Å². The van der Waals surface area contributed by atoms with Crippen LogP contribution >= 0.6 is 0 Å². The summed E-state index contributed by atoms with van der Waals surface area (Å²) in [6.07, 6.45) is 4.16. The van der Waals surface area contributed by atoms with Gasteiger partial charge in [-0.15, -0.1) is 0 Å². The number of fused-ring (bicyclic) bond motifs is 1. The Kier molecular flexibility index (Phi) is 1.89. The molecule has 66 valence electrons. The molecule has 0 aromatic carbocycles. The number of aromatic nitrogens is 2. The molecule has 0 radical (unpaired) electrons. The summed E-state index contributed by atoms with van der Waals surface area (Å²) in [5, 5.41) is 9.11. The van der Waals surface area contributed by atoms with E-state index in [0.29, 0.717) is 5.92 Å². The fourth-order valence-electron chi connectivity index (χ4n) is 1.93. The maximum Gasteiger partial charge on any atom is 0.105 e. The minimum absolute atomic E-state index is 0.255. The van der Waals surface area contributed by atoms with Crippen LogP contribution < -0.4 is 0 Å². The summed E-state index contributed by atoms with van der Waals surface area (Å²) in [6, 6.07) is 0. The normalized spacial score (nSPS) is 22.3. The molecule has 1 unspecified atom stereocenters. The predicted molar refractivity (Wildman–Crippen MR) is 46.0 cm³/mol. The number of rotatable bonds is 1. The monoisotopic (exact) mass is 166 g/mol. The smallest absolute Gasteiger partial charge is 0.105 e. The van der Waals surface area contributed by atoms with Crippen molar-refractivity contribution in [3.8, 4) is 0 Å². The lowest BCUT2D eigenvalue weighted by Crippen LogP contribution is -2.18. The van der Waals surface area contributed by atoms with Gasteiger partial charge in [0, 0.05) is 24.4 Å². The van der Waals surface area contributed by atoms with Crippen LogP contribution in [0.4, 0.5) is 0 Å². The van der Waals surface area contributed by atoms with Gasteiger partial charge in [-0.1, -0.05) is 0 Å². The second-order valence-corrected chi connectivity index (χ2v) is 3.40. The van der Waals surface area contributed by atoms with Gasteiger partial charge in [-0.2, -0.15) is 0 Å². The molecule has 0 spiro atoms. The molecule has 0 fully saturated rings. The molecule has 12 heavy (non-hydrogen) atoms. The van der Waals surface area contributed by atoms with Gasteiger partial charge in [-0.25, -0.2) is 4.98 Å². The number of hydrogen-bond acceptors (Lipinski definition) is 2. The average molecular weight is 166 g/mol. The summed E-state index contributed by atoms with van der Waals surface area (Å²) >= 11 is 0. The van der Waals surface area contributed by atoms with Gasteiger partial charge in [0.2, 0.25) is 0 Å². The minimum Gasteiger partial charge on any atom is -0.396 e. The van der Waals surface area contributed by atoms with Crippen LogP contribution in [0.3, 0.4) is 0 Å². The zero-order valence-corrected chi connectivity index (χ0v) is 7.32. The van der Waals surface area contributed by atoms with Crippen LogP contribution in [-0.4, -0.2) is 21.3 Å². The zero-order chi connectivity index (χ0) is 8.55. The number of aryl methyl sites for hydroxylation is 1. The Morgan fingerprint density at radius 3 is 3.33 bits per heavy atom. The molecule has 1 atom stereocenters. The van der Waals surface area contributed by atoms with Crippen molar-refractivity contribution < 1.29 is 5.11 Å². The molecular weight excluding hydrogens is 152 g/mol. The van der Waals surface area contributed by atoms with E-state index in [4.69, 9.17) is 5.11 Å². The highest BCUT2D eigenvalue weighted by molar-refractivity contribution is 5.12. The lowest BCUT2D eigenvalue weighted by molar-refractivity contribution is 0.240. The van der Waals surface area contributed by atoms with Crippen molar-refractivity contribution >= 4 is 0 Å². The van der Waals surface area contributed by atoms with Crippen molar-refractivity contribution in [2.45, 2.75) is 32.2 Å². The van der Waals surface area contributed by atoms with E-state index in [2.05, 4.69) is 9.55 Å². The van der Waals surface area contributed by atoms with Gasteiger partial charge in [0.15, 0.2) is 0 Å². The van der Waals surface area contributed by atoms with Crippen LogP contribution in [0.25, 0.3) is 0 Å². The van der Waals surface area contributed by atoms with Crippen LogP contribution in [0.5, 0.6) is 0 Å². The Balaban J connectivity index is 2.38. The highest BCUT2D eigenvalue weighted by Crippen LogP contribution is 2.27. The average Bonchev–Trinajstić information content (AvgIpc) is 2.48. The van der Waals surface area contributed by atoms with Gasteiger partial charge in [0.05, 0.1) is 6.61 Å². The number of aliphatic hydroxyl groups excluding tert-OH is 1. The van der Waals surface area contributed by atoms with E-state index in [9.17, 15) is 0 Å². The van der Waals surface area contributed by atoms with Crippen molar-refractivity contribution in [1.29, 1.82) is 0 Å². The molecule has 1 aliphatic heterocycles. The molecule has 0 saturated heterocycles. The first-order valence-electron chi connectivity index (χ1n) is 4.46. The van der Waals surface area contributed by atoms with Crippen LogP contribution in [-0.2, 0) is 6.54 Å². The third-order valence-electron chi connectivity index (χ3n) is 2.66. The Morgan fingerprint density at radius 2 is 2.58 bits per heavy atom. The number of nitrogens with zero attached hydrogens (tertiary/aromatic N) is 2. The lowest BCUT2D eigenvalue weighted by Gasteiger charge is -2.22. The molecule has 0 saturated carbocycles. The molecular formula is C9H14N2O. The fraction of sp³-hybridized carbons (Fsp3) is 0.667. The molecule has 1 aromatic heterocycles. The molecule has 3 nitrogen and oxygen atoms in total. The van der Waals surface area contributed by atoms with Crippen molar-refractivity contribution in [2.75, 3.05) is 6.61 Å². The summed E-state index contributed by atoms with van der Waals surface area (Å²) < 4.78 is 2.21. The van der Waals surface area contributed by atoms with E-state index < -0.39 is 0 Å². The third kappa shape index (κ3) is 1.05. The summed E-state index contributed by atoms with van der Waals surface area (Å²) in [5.74, 6) is 1.39. The summed E-state index contributed by atoms with van der Waals surface area (Å²) in [5.41, 5.74) is 1.21. The standard InChI is InChI=1S/C9H14N2O/c1-7-10-5-9-8(6-12)3-2-4-11(7)9/h5,8,12H,2-4,6H2,1H3. The largest absolute Gasteiger partial charge is 0.396 e. The van der Waals surface area contributed by atoms with Crippen LogP contribution in [0.2, 0.25) is 0 Å². The first-order chi connectivity index (χ1) is 5.83. The molecule has 0 bridgehead atoms. The summed E-state index contributed by atoms with van der Waals surface area (Å²) in [4.78, 5) is 4.25. The van der Waals surface area contributed by atoms with Gasteiger partial charge in [0.25, 0.3) is 0 Å². The maximum atomic E-state index is 9.11. The molecule has 0 aliphatic carbocycles. The molecule has 1 aliphatic rings. The van der Waals surface area contributed by atoms with E-state index in [1.165, 1.54) is 5.69 Å². The molecule has 1 aromatic rings. The van der Waals surface area contributed by atoms with Crippen molar-refractivity contribution in [3.05, 3.63) is 17.7 Å². The zero-order valence-electron chi connectivity index (χ0n) is 7.32. The molecule has 2 heterocycles. The van der Waals surface area contributed by atoms with E-state index in [1.54, 1.807) is 0 Å². The van der Waals surface area contributed by atoms with Crippen molar-refractivity contribution in [1.82, 2.24) is 9.55 Å². The van der Waals surface area contributed by atoms with Crippen LogP contribution in [0.15, 0.2) is 6.20 Å². The quantitative estimate of drug-likeness (QED) is 0.677. The maximum absolute atomic E-state index is 9.11. The lowest BCUT2D eigenvalue weighted by atomic mass is 9.97. The predicted octanol–water partition coefficient (Wildman–Crippen LogP) is 1.06. The van der Waals surface area contributed by atoms with E-state index in [1.807, 2.05) is 13.1 Å². The minimum atomic E-state index is 0.255. The van der Waals surface area contributed by atoms with Crippen molar-refractivity contribution in [2.24, 2.45) is 0 Å². The van der Waals surface area contributed by atoms with E-state index in [0.717, 1.165) is 25.2 Å². The van der Waals surface area contributed by atoms with Gasteiger partial charge in [-0.3, -0.25) is 0 Å². The Bertz CT molecular complexity index is 280. The van der Waals surface area contributed by atoms with E-state index in [-0.39, 0.29) is 6.61 Å². The first kappa shape index (κ1) is 7.80. The SMILES string of the molecule is Cc1ncc2n1CCCC2CO. The van der Waals surface area contributed by atoms with Crippen LogP contribution in [0, 0.1) is 6.92 Å². The molecule has 2 rings (SSSR count). The second kappa shape index (κ2) is 2.90. The molecule has 1 N–H and O–H groups in total. The topological polar surface area (TPSA) is 38.0 Å². The van der Waals surface area contributed by atoms with Gasteiger partial charge < -0.3 is 9.67 Å². The molecule has 0 amide bonds. The Hall–Kier alpha value is -0.830. The number of hydrogen-bond donors (Lipinski definition) is 1. The van der Waals surface area contributed by atoms with E-state index >= 15 is 0 Å². The fourth-order valence-corrected chi connectivity index (χ4v) is 1.93. The Morgan fingerprint density at radius 1 is 1.75 bits per heavy atom. The summed E-state index contributed by atoms with van der Waals surface area (Å²) in [7, 11) is 0. The van der Waals surface area contributed by atoms with Crippen LogP contribution in [0.1, 0.15) is 30.3 Å². The Labute approximate surface area is 72.0 Å². The summed E-state index contributed by atoms with van der Waals surface area (Å²) in [6.45, 7) is 3.34. The second-order valence-electron chi connectivity index (χ2n) is 3.40. The first-order valence-corrected chi connectivity index (χ1v) is 4.46. The van der Waals surface area contributed by atoms with Crippen molar-refractivity contribution in [3.63, 3.8) is 0 Å². The van der Waals surface area contributed by atoms with Gasteiger partial charge in [-0.05, 0) is 19.8 Å². The highest BCUT2D eigenvalue weighted by atomic mass is 16.3. The number of imidazole rings is 1. The third-order valence-corrected chi connectivity index (χ3v) is 2.66. The van der Waals surface area contributed by atoms with Gasteiger partial charge >= 0.3 is 0 Å². The number of aliphatic hydroxyl groups is 1. The molecule has 3 heteroatoms. The highest BCUT2D eigenvalue weighted by Gasteiger charge is 2.20.